The molecule has 128 valence electrons. The van der Waals surface area contributed by atoms with Gasteiger partial charge in [0.1, 0.15) is 11.4 Å². The van der Waals surface area contributed by atoms with Crippen LogP contribution in [0.4, 0.5) is 17.2 Å². The third-order valence-electron chi connectivity index (χ3n) is 3.60. The summed E-state index contributed by atoms with van der Waals surface area (Å²) in [5.41, 5.74) is 2.86. The van der Waals surface area contributed by atoms with Crippen LogP contribution in [0.2, 0.25) is 5.02 Å². The van der Waals surface area contributed by atoms with Gasteiger partial charge in [-0.05, 0) is 30.2 Å². The normalized spacial score (nSPS) is 10.6. The van der Waals surface area contributed by atoms with Gasteiger partial charge in [-0.15, -0.1) is 0 Å². The number of carbonyl (C=O) groups is 1. The Morgan fingerprint density at radius 3 is 2.54 bits per heavy atom. The van der Waals surface area contributed by atoms with Crippen molar-refractivity contribution in [3.8, 4) is 0 Å². The summed E-state index contributed by atoms with van der Waals surface area (Å²) in [7, 11) is 5.17. The minimum Gasteiger partial charge on any atom is -0.465 e. The van der Waals surface area contributed by atoms with Crippen molar-refractivity contribution >= 4 is 34.8 Å². The number of hydrogen-bond donors (Lipinski definition) is 1. The lowest BCUT2D eigenvalue weighted by Gasteiger charge is -2.21. The maximum Gasteiger partial charge on any atom is 0.341 e. The molecule has 0 spiro atoms. The predicted molar refractivity (Wildman–Crippen MR) is 98.7 cm³/mol. The van der Waals surface area contributed by atoms with Crippen LogP contribution in [0.15, 0.2) is 30.3 Å². The fourth-order valence-electron chi connectivity index (χ4n) is 2.36. The molecule has 0 saturated heterocycles. The van der Waals surface area contributed by atoms with Crippen LogP contribution in [0.5, 0.6) is 0 Å². The average Bonchev–Trinajstić information content (AvgIpc) is 2.53. The molecule has 1 aromatic carbocycles. The van der Waals surface area contributed by atoms with Crippen LogP contribution in [-0.4, -0.2) is 32.2 Å². The van der Waals surface area contributed by atoms with Crippen LogP contribution in [-0.2, 0) is 4.74 Å². The summed E-state index contributed by atoms with van der Waals surface area (Å²) >= 11 is 6.31. The Balaban J connectivity index is 2.54. The third-order valence-corrected chi connectivity index (χ3v) is 3.91. The number of methoxy groups -OCH3 is 1. The smallest absolute Gasteiger partial charge is 0.341 e. The standard InChI is InChI=1S/C18H22ClN3O2/c1-11(2)14-10-9-12(18(23)24-5)17(20-14)21-15-8-6-7-13(19)16(15)22(3)4/h6-11H,1-5H3,(H,20,21). The van der Waals surface area contributed by atoms with E-state index in [1.165, 1.54) is 7.11 Å². The summed E-state index contributed by atoms with van der Waals surface area (Å²) < 4.78 is 4.86. The molecule has 1 aromatic heterocycles. The van der Waals surface area contributed by atoms with Gasteiger partial charge in [0.15, 0.2) is 0 Å². The van der Waals surface area contributed by atoms with Crippen molar-refractivity contribution in [3.05, 3.63) is 46.6 Å². The highest BCUT2D eigenvalue weighted by atomic mass is 35.5. The number of benzene rings is 1. The number of nitrogens with one attached hydrogen (secondary N) is 1. The summed E-state index contributed by atoms with van der Waals surface area (Å²) in [4.78, 5) is 18.6. The van der Waals surface area contributed by atoms with E-state index in [1.807, 2.05) is 43.3 Å². The molecule has 0 radical (unpaired) electrons. The van der Waals surface area contributed by atoms with Crippen LogP contribution in [0, 0.1) is 0 Å². The largest absolute Gasteiger partial charge is 0.465 e. The maximum absolute atomic E-state index is 12.1. The Labute approximate surface area is 147 Å². The maximum atomic E-state index is 12.1. The van der Waals surface area contributed by atoms with Crippen molar-refractivity contribution in [2.45, 2.75) is 19.8 Å². The lowest BCUT2D eigenvalue weighted by atomic mass is 10.1. The summed E-state index contributed by atoms with van der Waals surface area (Å²) in [6.07, 6.45) is 0. The Morgan fingerprint density at radius 2 is 1.96 bits per heavy atom. The average molecular weight is 348 g/mol. The molecular weight excluding hydrogens is 326 g/mol. The van der Waals surface area contributed by atoms with Crippen molar-refractivity contribution in [2.24, 2.45) is 0 Å². The summed E-state index contributed by atoms with van der Waals surface area (Å²) in [6.45, 7) is 4.10. The number of aromatic nitrogens is 1. The van der Waals surface area contributed by atoms with E-state index in [0.29, 0.717) is 16.4 Å². The second-order valence-electron chi connectivity index (χ2n) is 5.93. The van der Waals surface area contributed by atoms with Gasteiger partial charge < -0.3 is 15.0 Å². The van der Waals surface area contributed by atoms with Gasteiger partial charge in [0.2, 0.25) is 0 Å². The Morgan fingerprint density at radius 1 is 1.25 bits per heavy atom. The minimum atomic E-state index is -0.436. The van der Waals surface area contributed by atoms with Gasteiger partial charge in [-0.3, -0.25) is 0 Å². The highest BCUT2D eigenvalue weighted by molar-refractivity contribution is 6.34. The van der Waals surface area contributed by atoms with Gasteiger partial charge in [-0.2, -0.15) is 0 Å². The number of nitrogens with zero attached hydrogens (tertiary/aromatic N) is 2. The van der Waals surface area contributed by atoms with E-state index in [-0.39, 0.29) is 5.92 Å². The van der Waals surface area contributed by atoms with E-state index < -0.39 is 5.97 Å². The van der Waals surface area contributed by atoms with Crippen LogP contribution in [0.25, 0.3) is 0 Å². The first kappa shape index (κ1) is 18.1. The fourth-order valence-corrected chi connectivity index (χ4v) is 2.71. The van der Waals surface area contributed by atoms with Crippen molar-refractivity contribution in [1.29, 1.82) is 0 Å². The molecule has 5 nitrogen and oxygen atoms in total. The monoisotopic (exact) mass is 347 g/mol. The molecule has 2 rings (SSSR count). The summed E-state index contributed by atoms with van der Waals surface area (Å²) in [5, 5.41) is 3.85. The van der Waals surface area contributed by atoms with Crippen LogP contribution < -0.4 is 10.2 Å². The van der Waals surface area contributed by atoms with Crippen molar-refractivity contribution < 1.29 is 9.53 Å². The predicted octanol–water partition coefficient (Wildman–Crippen LogP) is 4.45. The molecule has 0 aliphatic carbocycles. The van der Waals surface area contributed by atoms with Gasteiger partial charge in [0.25, 0.3) is 0 Å². The molecule has 24 heavy (non-hydrogen) atoms. The van der Waals surface area contributed by atoms with Gasteiger partial charge in [-0.1, -0.05) is 31.5 Å². The van der Waals surface area contributed by atoms with Crippen LogP contribution >= 0.6 is 11.6 Å². The second kappa shape index (κ2) is 7.53. The Kier molecular flexibility index (Phi) is 5.67. The number of esters is 1. The van der Waals surface area contributed by atoms with Gasteiger partial charge >= 0.3 is 5.97 Å². The number of para-hydroxylation sites is 1. The first-order valence-electron chi connectivity index (χ1n) is 7.67. The van der Waals surface area contributed by atoms with E-state index in [9.17, 15) is 4.79 Å². The molecule has 0 unspecified atom stereocenters. The summed E-state index contributed by atoms with van der Waals surface area (Å²) in [5.74, 6) is 0.261. The van der Waals surface area contributed by atoms with Crippen molar-refractivity contribution in [1.82, 2.24) is 4.98 Å². The third kappa shape index (κ3) is 3.79. The number of halogens is 1. The molecular formula is C18H22ClN3O2. The van der Waals surface area contributed by atoms with Gasteiger partial charge in [0.05, 0.1) is 23.5 Å². The van der Waals surface area contributed by atoms with Crippen LogP contribution in [0.3, 0.4) is 0 Å². The molecule has 0 saturated carbocycles. The van der Waals surface area contributed by atoms with E-state index in [2.05, 4.69) is 24.1 Å². The quantitative estimate of drug-likeness (QED) is 0.809. The number of anilines is 3. The van der Waals surface area contributed by atoms with Crippen LogP contribution in [0.1, 0.15) is 35.8 Å². The molecule has 0 fully saturated rings. The van der Waals surface area contributed by atoms with E-state index in [4.69, 9.17) is 16.3 Å². The number of rotatable bonds is 5. The molecule has 0 amide bonds. The minimum absolute atomic E-state index is 0.241. The molecule has 1 N–H and O–H groups in total. The van der Waals surface area contributed by atoms with E-state index in [1.54, 1.807) is 6.07 Å². The Hall–Kier alpha value is -2.27. The lowest BCUT2D eigenvalue weighted by molar-refractivity contribution is 0.0601. The fraction of sp³-hybridized carbons (Fsp3) is 0.333. The zero-order chi connectivity index (χ0) is 17.9. The molecule has 0 atom stereocenters. The zero-order valence-corrected chi connectivity index (χ0v) is 15.3. The molecule has 1 heterocycles. The molecule has 0 aliphatic rings. The van der Waals surface area contributed by atoms with Gasteiger partial charge in [-0.25, -0.2) is 9.78 Å². The Bertz CT molecular complexity index is 745. The SMILES string of the molecule is COC(=O)c1ccc(C(C)C)nc1Nc1cccc(Cl)c1N(C)C. The zero-order valence-electron chi connectivity index (χ0n) is 14.6. The molecule has 6 heteroatoms. The highest BCUT2D eigenvalue weighted by Gasteiger charge is 2.17. The first-order valence-corrected chi connectivity index (χ1v) is 8.05. The highest BCUT2D eigenvalue weighted by Crippen LogP contribution is 2.35. The number of ether oxygens (including phenoxy) is 1. The lowest BCUT2D eigenvalue weighted by Crippen LogP contribution is -2.14. The summed E-state index contributed by atoms with van der Waals surface area (Å²) in [6, 6.07) is 9.14. The number of pyridine rings is 1. The molecule has 0 bridgehead atoms. The second-order valence-corrected chi connectivity index (χ2v) is 6.34. The number of hydrogen-bond acceptors (Lipinski definition) is 5. The first-order chi connectivity index (χ1) is 11.3. The topological polar surface area (TPSA) is 54.5 Å². The van der Waals surface area contributed by atoms with E-state index in [0.717, 1.165) is 17.1 Å². The molecule has 2 aromatic rings. The van der Waals surface area contributed by atoms with Gasteiger partial charge in [0, 0.05) is 19.8 Å². The molecule has 0 aliphatic heterocycles. The number of carbonyl (C=O) groups excluding carboxylic acids is 1. The van der Waals surface area contributed by atoms with Crippen molar-refractivity contribution in [2.75, 3.05) is 31.4 Å². The van der Waals surface area contributed by atoms with E-state index >= 15 is 0 Å². The van der Waals surface area contributed by atoms with Crippen molar-refractivity contribution in [3.63, 3.8) is 0 Å².